The van der Waals surface area contributed by atoms with Gasteiger partial charge in [0.2, 0.25) is 4.27 Å². The average molecular weight is 474 g/mol. The van der Waals surface area contributed by atoms with Gasteiger partial charge in [0.25, 0.3) is 0 Å². The van der Waals surface area contributed by atoms with Crippen LogP contribution in [-0.2, 0) is 16.2 Å². The standard InChI is InChI=1S/C20H23N7O3S2/c1-20(31-11-12-32-20)30-19(28)24-16-10-6-9-15(23-16)13-29-25-17(18(21)27(2)26-22)14-7-4-3-5-8-14/h3-10,21-22H,11-13H2,1-2H3,(H,23,24,28)/b21-18?,25-17-,26-22?. The van der Waals surface area contributed by atoms with Crippen LogP contribution >= 0.6 is 23.5 Å². The summed E-state index contributed by atoms with van der Waals surface area (Å²) in [4.78, 5) is 22.0. The van der Waals surface area contributed by atoms with E-state index in [9.17, 15) is 4.79 Å². The lowest BCUT2D eigenvalue weighted by Gasteiger charge is -2.21. The van der Waals surface area contributed by atoms with Gasteiger partial charge in [0, 0.05) is 24.1 Å². The maximum atomic E-state index is 12.2. The number of hydrogen-bond acceptors (Lipinski definition) is 10. The van der Waals surface area contributed by atoms with Crippen LogP contribution in [-0.4, -0.2) is 50.5 Å². The third kappa shape index (κ3) is 6.44. The fourth-order valence-electron chi connectivity index (χ4n) is 2.68. The highest BCUT2D eigenvalue weighted by Crippen LogP contribution is 2.44. The molecular formula is C20H23N7O3S2. The number of anilines is 1. The third-order valence-corrected chi connectivity index (χ3v) is 7.24. The monoisotopic (exact) mass is 473 g/mol. The molecule has 10 nitrogen and oxygen atoms in total. The molecule has 0 saturated carbocycles. The molecule has 0 radical (unpaired) electrons. The summed E-state index contributed by atoms with van der Waals surface area (Å²) >= 11 is 3.18. The highest BCUT2D eigenvalue weighted by molar-refractivity contribution is 8.21. The lowest BCUT2D eigenvalue weighted by molar-refractivity contribution is 0.128. The molecule has 0 bridgehead atoms. The first-order valence-corrected chi connectivity index (χ1v) is 11.6. The molecule has 3 N–H and O–H groups in total. The van der Waals surface area contributed by atoms with Gasteiger partial charge in [-0.2, -0.15) is 5.53 Å². The Balaban J connectivity index is 1.65. The summed E-state index contributed by atoms with van der Waals surface area (Å²) in [6.07, 6.45) is -0.569. The van der Waals surface area contributed by atoms with Gasteiger partial charge in [0.05, 0.1) is 5.69 Å². The Morgan fingerprint density at radius 2 is 1.94 bits per heavy atom. The van der Waals surface area contributed by atoms with Crippen molar-refractivity contribution >= 4 is 47.0 Å². The number of rotatable bonds is 8. The minimum Gasteiger partial charge on any atom is -0.422 e. The molecule has 2 aromatic rings. The van der Waals surface area contributed by atoms with E-state index in [-0.39, 0.29) is 18.2 Å². The van der Waals surface area contributed by atoms with Crippen molar-refractivity contribution in [3.63, 3.8) is 0 Å². The fourth-order valence-corrected chi connectivity index (χ4v) is 5.19. The number of likely N-dealkylation sites (N-methyl/N-ethyl adjacent to an activating group) is 1. The molecule has 12 heteroatoms. The van der Waals surface area contributed by atoms with Crippen molar-refractivity contribution in [3.8, 4) is 0 Å². The van der Waals surface area contributed by atoms with Gasteiger partial charge in [0.15, 0.2) is 18.2 Å². The predicted octanol–water partition coefficient (Wildman–Crippen LogP) is 4.56. The Morgan fingerprint density at radius 1 is 1.22 bits per heavy atom. The summed E-state index contributed by atoms with van der Waals surface area (Å²) in [5.41, 5.74) is 8.53. The van der Waals surface area contributed by atoms with E-state index in [1.807, 2.05) is 25.1 Å². The number of hydrogen-bond donors (Lipinski definition) is 3. The Hall–Kier alpha value is -3.12. The van der Waals surface area contributed by atoms with E-state index >= 15 is 0 Å². The van der Waals surface area contributed by atoms with E-state index in [2.05, 4.69) is 20.7 Å². The number of pyridine rings is 1. The molecule has 0 atom stereocenters. The van der Waals surface area contributed by atoms with Crippen LogP contribution in [0.4, 0.5) is 10.6 Å². The number of benzene rings is 1. The van der Waals surface area contributed by atoms with Gasteiger partial charge >= 0.3 is 6.09 Å². The van der Waals surface area contributed by atoms with E-state index < -0.39 is 10.4 Å². The number of ether oxygens (including phenoxy) is 1. The Kier molecular flexibility index (Phi) is 8.06. The van der Waals surface area contributed by atoms with Gasteiger partial charge in [-0.3, -0.25) is 10.7 Å². The van der Waals surface area contributed by atoms with Crippen LogP contribution in [0, 0.1) is 10.9 Å². The molecule has 0 aliphatic carbocycles. The summed E-state index contributed by atoms with van der Waals surface area (Å²) in [6.45, 7) is 1.89. The van der Waals surface area contributed by atoms with Gasteiger partial charge in [-0.25, -0.2) is 14.8 Å². The Morgan fingerprint density at radius 3 is 2.62 bits per heavy atom. The number of amidine groups is 1. The third-order valence-electron chi connectivity index (χ3n) is 4.24. The molecule has 168 valence electrons. The van der Waals surface area contributed by atoms with Crippen LogP contribution < -0.4 is 5.32 Å². The van der Waals surface area contributed by atoms with Gasteiger partial charge in [-0.05, 0) is 19.1 Å². The Bertz CT molecular complexity index is 998. The number of carbonyl (C=O) groups is 1. The zero-order valence-electron chi connectivity index (χ0n) is 17.6. The molecule has 0 unspecified atom stereocenters. The van der Waals surface area contributed by atoms with Crippen molar-refractivity contribution in [1.82, 2.24) is 9.99 Å². The maximum absolute atomic E-state index is 12.2. The molecule has 1 aromatic carbocycles. The lowest BCUT2D eigenvalue weighted by Crippen LogP contribution is -2.29. The van der Waals surface area contributed by atoms with Crippen molar-refractivity contribution < 1.29 is 14.4 Å². The molecular weight excluding hydrogens is 450 g/mol. The zero-order valence-corrected chi connectivity index (χ0v) is 19.2. The first kappa shape index (κ1) is 23.5. The summed E-state index contributed by atoms with van der Waals surface area (Å²) < 4.78 is 4.91. The second kappa shape index (κ2) is 11.0. The number of nitrogens with one attached hydrogen (secondary N) is 3. The molecule has 1 aliphatic heterocycles. The first-order valence-electron chi connectivity index (χ1n) is 9.59. The highest BCUT2D eigenvalue weighted by Gasteiger charge is 2.34. The summed E-state index contributed by atoms with van der Waals surface area (Å²) in [5, 5.41) is 19.2. The minimum atomic E-state index is -0.587. The number of carbonyl (C=O) groups excluding carboxylic acids is 1. The van der Waals surface area contributed by atoms with E-state index in [0.29, 0.717) is 17.1 Å². The quantitative estimate of drug-likeness (QED) is 0.221. The number of nitrogens with zero attached hydrogens (tertiary/aromatic N) is 4. The van der Waals surface area contributed by atoms with Crippen LogP contribution in [0.3, 0.4) is 0 Å². The Labute approximate surface area is 194 Å². The summed E-state index contributed by atoms with van der Waals surface area (Å²) in [7, 11) is 1.48. The normalized spacial score (nSPS) is 15.0. The van der Waals surface area contributed by atoms with Crippen molar-refractivity contribution in [2.45, 2.75) is 17.8 Å². The fraction of sp³-hybridized carbons (Fsp3) is 0.300. The number of amides is 1. The van der Waals surface area contributed by atoms with Crippen LogP contribution in [0.2, 0.25) is 0 Å². The molecule has 1 amide bonds. The molecule has 1 aliphatic rings. The zero-order chi connectivity index (χ0) is 23.0. The van der Waals surface area contributed by atoms with Crippen LogP contribution in [0.5, 0.6) is 0 Å². The molecule has 1 saturated heterocycles. The van der Waals surface area contributed by atoms with Gasteiger partial charge in [-0.1, -0.05) is 46.8 Å². The second-order valence-electron chi connectivity index (χ2n) is 6.64. The highest BCUT2D eigenvalue weighted by atomic mass is 32.2. The van der Waals surface area contributed by atoms with Crippen molar-refractivity contribution in [3.05, 3.63) is 59.8 Å². The number of thioether (sulfide) groups is 2. The summed E-state index contributed by atoms with van der Waals surface area (Å²) in [6, 6.07) is 14.2. The molecule has 3 rings (SSSR count). The van der Waals surface area contributed by atoms with Crippen LogP contribution in [0.15, 0.2) is 58.9 Å². The molecule has 0 spiro atoms. The maximum Gasteiger partial charge on any atom is 0.414 e. The molecule has 1 aromatic heterocycles. The van der Waals surface area contributed by atoms with Crippen LogP contribution in [0.25, 0.3) is 0 Å². The van der Waals surface area contributed by atoms with E-state index in [1.165, 1.54) is 7.05 Å². The molecule has 2 heterocycles. The summed E-state index contributed by atoms with van der Waals surface area (Å²) in [5.74, 6) is 2.12. The number of aromatic nitrogens is 1. The van der Waals surface area contributed by atoms with Crippen LogP contribution in [0.1, 0.15) is 18.2 Å². The molecule has 1 fully saturated rings. The largest absolute Gasteiger partial charge is 0.422 e. The predicted molar refractivity (Wildman–Crippen MR) is 126 cm³/mol. The topological polar surface area (TPSA) is 136 Å². The van der Waals surface area contributed by atoms with Crippen molar-refractivity contribution in [2.75, 3.05) is 23.9 Å². The van der Waals surface area contributed by atoms with E-state index in [0.717, 1.165) is 16.5 Å². The smallest absolute Gasteiger partial charge is 0.414 e. The van der Waals surface area contributed by atoms with E-state index in [4.69, 9.17) is 20.5 Å². The van der Waals surface area contributed by atoms with Crippen molar-refractivity contribution in [1.29, 1.82) is 10.9 Å². The minimum absolute atomic E-state index is 0.0132. The van der Waals surface area contributed by atoms with E-state index in [1.54, 1.807) is 53.9 Å². The number of oxime groups is 1. The van der Waals surface area contributed by atoms with Gasteiger partial charge in [-0.15, -0.1) is 23.5 Å². The SMILES string of the molecule is CN(N=N)C(=N)/C(=N\OCc1cccc(NC(=O)OC2(C)SCCS2)n1)c1ccccc1. The second-order valence-corrected chi connectivity index (χ2v) is 9.85. The van der Waals surface area contributed by atoms with Gasteiger partial charge in [0.1, 0.15) is 5.82 Å². The average Bonchev–Trinajstić information content (AvgIpc) is 3.22. The molecule has 32 heavy (non-hydrogen) atoms. The lowest BCUT2D eigenvalue weighted by atomic mass is 10.1. The first-order chi connectivity index (χ1) is 15.4. The van der Waals surface area contributed by atoms with Crippen molar-refractivity contribution in [2.24, 2.45) is 10.4 Å². The van der Waals surface area contributed by atoms with Gasteiger partial charge < -0.3 is 9.57 Å².